The summed E-state index contributed by atoms with van der Waals surface area (Å²) in [7, 11) is -5.87. The minimum Gasteiger partial charge on any atom is -0.372 e. The van der Waals surface area contributed by atoms with E-state index in [9.17, 15) is 26.4 Å². The molecule has 0 amide bonds. The summed E-state index contributed by atoms with van der Waals surface area (Å²) >= 11 is 5.71. The van der Waals surface area contributed by atoms with E-state index in [0.29, 0.717) is 16.1 Å². The third-order valence-corrected chi connectivity index (χ3v) is 3.70. The number of hydrogen-bond donors (Lipinski definition) is 0. The van der Waals surface area contributed by atoms with Gasteiger partial charge in [0.25, 0.3) is 0 Å². The summed E-state index contributed by atoms with van der Waals surface area (Å²) in [5, 5.41) is 0.298. The Hall–Kier alpha value is -1.54. The molecule has 1 aromatic carbocycles. The fraction of sp³-hybridized carbons (Fsp3) is 0.182. The van der Waals surface area contributed by atoms with Gasteiger partial charge in [0, 0.05) is 11.4 Å². The Balaban J connectivity index is 2.41. The predicted octanol–water partition coefficient (Wildman–Crippen LogP) is 2.67. The van der Waals surface area contributed by atoms with Gasteiger partial charge in [-0.3, -0.25) is 4.79 Å². The van der Waals surface area contributed by atoms with Crippen LogP contribution in [0.15, 0.2) is 24.0 Å². The summed E-state index contributed by atoms with van der Waals surface area (Å²) in [6.45, 7) is 0. The highest BCUT2D eigenvalue weighted by molar-refractivity contribution is 7.87. The molecular formula is C11H6ClF3O4S. The molecule has 1 aromatic rings. The van der Waals surface area contributed by atoms with E-state index < -0.39 is 27.2 Å². The maximum absolute atomic E-state index is 12.2. The van der Waals surface area contributed by atoms with Gasteiger partial charge in [-0.1, -0.05) is 17.7 Å². The number of hydrogen-bond acceptors (Lipinski definition) is 4. The van der Waals surface area contributed by atoms with E-state index in [-0.39, 0.29) is 6.42 Å². The maximum atomic E-state index is 12.2. The van der Waals surface area contributed by atoms with Crippen LogP contribution < -0.4 is 0 Å². The number of carbonyl (C=O) groups is 1. The van der Waals surface area contributed by atoms with Crippen LogP contribution in [0.3, 0.4) is 0 Å². The molecule has 0 spiro atoms. The Bertz CT molecular complexity index is 707. The summed E-state index contributed by atoms with van der Waals surface area (Å²) < 4.78 is 62.2. The van der Waals surface area contributed by atoms with Crippen molar-refractivity contribution >= 4 is 33.6 Å². The summed E-state index contributed by atoms with van der Waals surface area (Å²) in [6, 6.07) is 4.44. The molecule has 4 nitrogen and oxygen atoms in total. The molecule has 108 valence electrons. The van der Waals surface area contributed by atoms with E-state index in [1.807, 2.05) is 0 Å². The van der Waals surface area contributed by atoms with Crippen LogP contribution in [0.2, 0.25) is 5.02 Å². The highest BCUT2D eigenvalue weighted by Crippen LogP contribution is 2.30. The first-order chi connectivity index (χ1) is 9.10. The minimum atomic E-state index is -5.87. The van der Waals surface area contributed by atoms with Crippen LogP contribution in [0.1, 0.15) is 11.1 Å². The molecule has 0 fully saturated rings. The molecule has 0 saturated carbocycles. The van der Waals surface area contributed by atoms with Crippen molar-refractivity contribution in [1.29, 1.82) is 0 Å². The van der Waals surface area contributed by atoms with Gasteiger partial charge in [0.15, 0.2) is 5.76 Å². The van der Waals surface area contributed by atoms with Crippen molar-refractivity contribution in [3.63, 3.8) is 0 Å². The molecule has 0 aromatic heterocycles. The first-order valence-electron chi connectivity index (χ1n) is 5.14. The summed E-state index contributed by atoms with van der Waals surface area (Å²) in [6.07, 6.45) is 0.669. The summed E-state index contributed by atoms with van der Waals surface area (Å²) in [5.41, 5.74) is -4.73. The van der Waals surface area contributed by atoms with E-state index in [2.05, 4.69) is 4.18 Å². The van der Waals surface area contributed by atoms with Crippen molar-refractivity contribution in [1.82, 2.24) is 0 Å². The van der Waals surface area contributed by atoms with Crippen molar-refractivity contribution in [2.45, 2.75) is 11.9 Å². The zero-order chi connectivity index (χ0) is 15.1. The number of ketones is 1. The van der Waals surface area contributed by atoms with Crippen LogP contribution in [0, 0.1) is 0 Å². The zero-order valence-corrected chi connectivity index (χ0v) is 11.1. The monoisotopic (exact) mass is 326 g/mol. The average molecular weight is 327 g/mol. The van der Waals surface area contributed by atoms with E-state index in [1.54, 1.807) is 0 Å². The topological polar surface area (TPSA) is 60.4 Å². The van der Waals surface area contributed by atoms with Gasteiger partial charge < -0.3 is 4.18 Å². The molecule has 9 heteroatoms. The molecule has 0 N–H and O–H groups in total. The van der Waals surface area contributed by atoms with Crippen molar-refractivity contribution in [2.24, 2.45) is 0 Å². The van der Waals surface area contributed by atoms with E-state index in [4.69, 9.17) is 11.6 Å². The first kappa shape index (κ1) is 14.9. The lowest BCUT2D eigenvalue weighted by Gasteiger charge is -2.16. The molecule has 0 radical (unpaired) electrons. The van der Waals surface area contributed by atoms with Crippen LogP contribution >= 0.6 is 11.6 Å². The number of benzene rings is 1. The second kappa shape index (κ2) is 4.78. The molecule has 1 aliphatic rings. The minimum absolute atomic E-state index is 0.258. The van der Waals surface area contributed by atoms with Crippen LogP contribution in [0.5, 0.6) is 0 Å². The number of Topliss-reactive ketones (excluding diaryl/α,β-unsaturated/α-hetero) is 1. The van der Waals surface area contributed by atoms with Gasteiger partial charge in [-0.05, 0) is 29.3 Å². The lowest BCUT2D eigenvalue weighted by atomic mass is 9.96. The highest BCUT2D eigenvalue weighted by atomic mass is 35.5. The first-order valence-corrected chi connectivity index (χ1v) is 6.93. The Morgan fingerprint density at radius 1 is 1.25 bits per heavy atom. The van der Waals surface area contributed by atoms with Crippen LogP contribution in [-0.4, -0.2) is 19.7 Å². The van der Waals surface area contributed by atoms with Gasteiger partial charge in [0.1, 0.15) is 0 Å². The number of alkyl halides is 3. The number of fused-ring (bicyclic) bond motifs is 1. The van der Waals surface area contributed by atoms with Crippen molar-refractivity contribution < 1.29 is 30.6 Å². The lowest BCUT2D eigenvalue weighted by molar-refractivity contribution is -0.117. The number of rotatable bonds is 2. The summed E-state index contributed by atoms with van der Waals surface area (Å²) in [5.74, 6) is -1.73. The highest BCUT2D eigenvalue weighted by Gasteiger charge is 2.49. The second-order valence-corrected chi connectivity index (χ2v) is 5.91. The molecular weight excluding hydrogens is 321 g/mol. The van der Waals surface area contributed by atoms with Gasteiger partial charge in [-0.25, -0.2) is 0 Å². The molecule has 0 aliphatic heterocycles. The Kier molecular flexibility index (Phi) is 3.55. The predicted molar refractivity (Wildman–Crippen MR) is 64.2 cm³/mol. The third-order valence-electron chi connectivity index (χ3n) is 2.50. The van der Waals surface area contributed by atoms with Gasteiger partial charge in [-0.2, -0.15) is 21.6 Å². The molecule has 0 atom stereocenters. The molecule has 2 rings (SSSR count). The number of allylic oxidation sites excluding steroid dienone is 1. The fourth-order valence-electron chi connectivity index (χ4n) is 1.58. The molecule has 0 saturated heterocycles. The van der Waals surface area contributed by atoms with E-state index in [0.717, 1.165) is 6.08 Å². The molecule has 0 unspecified atom stereocenters. The Labute approximate surface area is 116 Å². The van der Waals surface area contributed by atoms with Gasteiger partial charge in [0.2, 0.25) is 5.78 Å². The molecule has 20 heavy (non-hydrogen) atoms. The van der Waals surface area contributed by atoms with Crippen molar-refractivity contribution in [3.8, 4) is 0 Å². The van der Waals surface area contributed by atoms with Crippen LogP contribution in [-0.2, 0) is 25.5 Å². The maximum Gasteiger partial charge on any atom is 0.534 e. The smallest absolute Gasteiger partial charge is 0.372 e. The Morgan fingerprint density at radius 2 is 1.90 bits per heavy atom. The quantitative estimate of drug-likeness (QED) is 0.619. The zero-order valence-electron chi connectivity index (χ0n) is 9.57. The molecule has 0 bridgehead atoms. The normalized spacial score (nSPS) is 15.6. The third kappa shape index (κ3) is 2.80. The van der Waals surface area contributed by atoms with Gasteiger partial charge in [0.05, 0.1) is 0 Å². The van der Waals surface area contributed by atoms with Crippen molar-refractivity contribution in [2.75, 3.05) is 0 Å². The Morgan fingerprint density at radius 3 is 2.50 bits per heavy atom. The van der Waals surface area contributed by atoms with Gasteiger partial charge >= 0.3 is 15.6 Å². The summed E-state index contributed by atoms with van der Waals surface area (Å²) in [4.78, 5) is 11.6. The molecule has 1 aliphatic carbocycles. The second-order valence-electron chi connectivity index (χ2n) is 3.93. The largest absolute Gasteiger partial charge is 0.534 e. The molecule has 0 heterocycles. The number of halogens is 4. The van der Waals surface area contributed by atoms with Crippen LogP contribution in [0.25, 0.3) is 6.08 Å². The van der Waals surface area contributed by atoms with Crippen LogP contribution in [0.4, 0.5) is 13.2 Å². The van der Waals surface area contributed by atoms with Crippen molar-refractivity contribution in [3.05, 3.63) is 40.1 Å². The van der Waals surface area contributed by atoms with E-state index in [1.165, 1.54) is 18.2 Å². The lowest BCUT2D eigenvalue weighted by Crippen LogP contribution is -2.28. The van der Waals surface area contributed by atoms with E-state index >= 15 is 0 Å². The fourth-order valence-corrected chi connectivity index (χ4v) is 2.23. The average Bonchev–Trinajstić information content (AvgIpc) is 2.29. The SMILES string of the molecule is O=C1Cc2ccc(Cl)cc2C=C1OS(=O)(=O)C(F)(F)F. The number of carbonyl (C=O) groups excluding carboxylic acids is 1. The standard InChI is InChI=1S/C11H6ClF3O4S/c12-8-2-1-6-4-9(16)10(5-7(6)3-8)19-20(17,18)11(13,14)15/h1-3,5H,4H2. The van der Waals surface area contributed by atoms with Gasteiger partial charge in [-0.15, -0.1) is 0 Å².